The molecule has 1 aromatic rings. The lowest BCUT2D eigenvalue weighted by molar-refractivity contribution is 0.122. The van der Waals surface area contributed by atoms with E-state index in [9.17, 15) is 0 Å². The lowest BCUT2D eigenvalue weighted by Gasteiger charge is -2.26. The van der Waals surface area contributed by atoms with Gasteiger partial charge in [-0.2, -0.15) is 15.0 Å². The molecule has 1 aliphatic rings. The fourth-order valence-corrected chi connectivity index (χ4v) is 1.44. The van der Waals surface area contributed by atoms with Gasteiger partial charge in [0.25, 0.3) is 0 Å². The van der Waals surface area contributed by atoms with Gasteiger partial charge in [-0.3, -0.25) is 0 Å². The Bertz CT molecular complexity index is 440. The molecule has 0 amide bonds. The third-order valence-electron chi connectivity index (χ3n) is 2.22. The van der Waals surface area contributed by atoms with Gasteiger partial charge in [0.05, 0.1) is 18.9 Å². The fourth-order valence-electron chi connectivity index (χ4n) is 1.44. The van der Waals surface area contributed by atoms with Crippen LogP contribution in [-0.2, 0) is 4.74 Å². The van der Waals surface area contributed by atoms with Gasteiger partial charge in [-0.25, -0.2) is 0 Å². The highest BCUT2D eigenvalue weighted by Crippen LogP contribution is 2.14. The Hall–Kier alpha value is -1.96. The summed E-state index contributed by atoms with van der Waals surface area (Å²) >= 11 is 0. The Kier molecular flexibility index (Phi) is 3.88. The van der Waals surface area contributed by atoms with Crippen molar-refractivity contribution in [3.05, 3.63) is 0 Å². The number of anilines is 2. The number of nitrogens with two attached hydrogens (primary N) is 1. The van der Waals surface area contributed by atoms with Crippen molar-refractivity contribution >= 4 is 17.6 Å². The topological polar surface area (TPSA) is 98.8 Å². The van der Waals surface area contributed by atoms with Crippen molar-refractivity contribution in [1.82, 2.24) is 15.0 Å². The SMILES string of the molecule is CC(C)=NOc1nc(N)nc(N2CCOCC2)n1. The van der Waals surface area contributed by atoms with Crippen LogP contribution in [0.3, 0.4) is 0 Å². The Morgan fingerprint density at radius 2 is 2.00 bits per heavy atom. The first-order valence-electron chi connectivity index (χ1n) is 5.67. The van der Waals surface area contributed by atoms with E-state index in [1.54, 1.807) is 0 Å². The molecular weight excluding hydrogens is 236 g/mol. The number of morpholine rings is 1. The van der Waals surface area contributed by atoms with Crippen LogP contribution in [0.5, 0.6) is 6.01 Å². The van der Waals surface area contributed by atoms with E-state index in [-0.39, 0.29) is 12.0 Å². The van der Waals surface area contributed by atoms with E-state index in [0.29, 0.717) is 19.2 Å². The molecular formula is C10H16N6O2. The minimum absolute atomic E-state index is 0.102. The first-order valence-corrected chi connectivity index (χ1v) is 5.67. The average molecular weight is 252 g/mol. The zero-order chi connectivity index (χ0) is 13.0. The van der Waals surface area contributed by atoms with Crippen molar-refractivity contribution in [2.45, 2.75) is 13.8 Å². The number of aromatic nitrogens is 3. The number of oxime groups is 1. The summed E-state index contributed by atoms with van der Waals surface area (Å²) in [6, 6.07) is 0.102. The van der Waals surface area contributed by atoms with Crippen molar-refractivity contribution in [2.75, 3.05) is 36.9 Å². The van der Waals surface area contributed by atoms with Gasteiger partial charge in [0.15, 0.2) is 0 Å². The van der Waals surface area contributed by atoms with Crippen LogP contribution in [0.25, 0.3) is 0 Å². The van der Waals surface area contributed by atoms with E-state index in [1.165, 1.54) is 0 Å². The maximum Gasteiger partial charge on any atom is 0.352 e. The number of hydrogen-bond donors (Lipinski definition) is 1. The van der Waals surface area contributed by atoms with E-state index in [2.05, 4.69) is 20.1 Å². The van der Waals surface area contributed by atoms with Gasteiger partial charge in [0.2, 0.25) is 11.9 Å². The Balaban J connectivity index is 2.17. The molecule has 0 unspecified atom stereocenters. The van der Waals surface area contributed by atoms with Crippen LogP contribution in [0, 0.1) is 0 Å². The second kappa shape index (κ2) is 5.58. The van der Waals surface area contributed by atoms with Gasteiger partial charge < -0.3 is 20.2 Å². The summed E-state index contributed by atoms with van der Waals surface area (Å²) in [6.45, 7) is 6.36. The van der Waals surface area contributed by atoms with Crippen molar-refractivity contribution in [2.24, 2.45) is 5.16 Å². The molecule has 2 heterocycles. The molecule has 0 spiro atoms. The molecule has 98 valence electrons. The normalized spacial score (nSPS) is 15.3. The smallest absolute Gasteiger partial charge is 0.352 e. The standard InChI is InChI=1S/C10H16N6O2/c1-7(2)15-18-10-13-8(11)12-9(14-10)16-3-5-17-6-4-16/h3-6H2,1-2H3,(H2,11,12,13,14). The summed E-state index contributed by atoms with van der Waals surface area (Å²) in [6.07, 6.45) is 0. The highest BCUT2D eigenvalue weighted by molar-refractivity contribution is 5.78. The molecule has 0 bridgehead atoms. The average Bonchev–Trinajstić information content (AvgIpc) is 2.37. The lowest BCUT2D eigenvalue weighted by Crippen LogP contribution is -2.37. The summed E-state index contributed by atoms with van der Waals surface area (Å²) in [7, 11) is 0. The second-order valence-electron chi connectivity index (χ2n) is 4.01. The molecule has 1 saturated heterocycles. The second-order valence-corrected chi connectivity index (χ2v) is 4.01. The lowest BCUT2D eigenvalue weighted by atomic mass is 10.4. The molecule has 2 rings (SSSR count). The molecule has 0 saturated carbocycles. The molecule has 0 atom stereocenters. The molecule has 8 nitrogen and oxygen atoms in total. The van der Waals surface area contributed by atoms with E-state index >= 15 is 0 Å². The number of nitrogen functional groups attached to an aromatic ring is 1. The van der Waals surface area contributed by atoms with Crippen LogP contribution in [0.1, 0.15) is 13.8 Å². The quantitative estimate of drug-likeness (QED) is 0.600. The maximum absolute atomic E-state index is 5.62. The summed E-state index contributed by atoms with van der Waals surface area (Å²) in [5.74, 6) is 0.607. The maximum atomic E-state index is 5.62. The molecule has 1 aliphatic heterocycles. The zero-order valence-corrected chi connectivity index (χ0v) is 10.5. The summed E-state index contributed by atoms with van der Waals surface area (Å²) in [4.78, 5) is 19.2. The number of rotatable bonds is 3. The predicted molar refractivity (Wildman–Crippen MR) is 66.7 cm³/mol. The highest BCUT2D eigenvalue weighted by atomic mass is 16.6. The number of nitrogens with zero attached hydrogens (tertiary/aromatic N) is 5. The fraction of sp³-hybridized carbons (Fsp3) is 0.600. The van der Waals surface area contributed by atoms with Gasteiger partial charge in [-0.05, 0) is 13.8 Å². The van der Waals surface area contributed by atoms with E-state index < -0.39 is 0 Å². The minimum Gasteiger partial charge on any atom is -0.378 e. The molecule has 18 heavy (non-hydrogen) atoms. The molecule has 1 fully saturated rings. The Morgan fingerprint density at radius 1 is 1.28 bits per heavy atom. The largest absolute Gasteiger partial charge is 0.378 e. The third kappa shape index (κ3) is 3.27. The molecule has 8 heteroatoms. The van der Waals surface area contributed by atoms with E-state index in [0.717, 1.165) is 18.8 Å². The van der Waals surface area contributed by atoms with Crippen LogP contribution in [0.4, 0.5) is 11.9 Å². The van der Waals surface area contributed by atoms with Crippen LogP contribution >= 0.6 is 0 Å². The monoisotopic (exact) mass is 252 g/mol. The van der Waals surface area contributed by atoms with Crippen molar-refractivity contribution < 1.29 is 9.57 Å². The van der Waals surface area contributed by atoms with Gasteiger partial charge in [0, 0.05) is 13.1 Å². The predicted octanol–water partition coefficient (Wildman–Crippen LogP) is 0.0650. The summed E-state index contributed by atoms with van der Waals surface area (Å²) in [5.41, 5.74) is 6.39. The molecule has 0 aliphatic carbocycles. The number of ether oxygens (including phenoxy) is 1. The highest BCUT2D eigenvalue weighted by Gasteiger charge is 2.16. The zero-order valence-electron chi connectivity index (χ0n) is 10.5. The van der Waals surface area contributed by atoms with Crippen LogP contribution in [0.15, 0.2) is 5.16 Å². The van der Waals surface area contributed by atoms with Gasteiger partial charge in [-0.1, -0.05) is 5.16 Å². The first kappa shape index (κ1) is 12.5. The summed E-state index contributed by atoms with van der Waals surface area (Å²) < 4.78 is 5.26. The molecule has 0 aromatic carbocycles. The summed E-state index contributed by atoms with van der Waals surface area (Å²) in [5, 5.41) is 3.79. The van der Waals surface area contributed by atoms with Crippen molar-refractivity contribution in [3.8, 4) is 6.01 Å². The van der Waals surface area contributed by atoms with Crippen molar-refractivity contribution in [1.29, 1.82) is 0 Å². The van der Waals surface area contributed by atoms with Gasteiger partial charge in [-0.15, -0.1) is 0 Å². The van der Waals surface area contributed by atoms with Gasteiger partial charge in [0.1, 0.15) is 0 Å². The van der Waals surface area contributed by atoms with Crippen molar-refractivity contribution in [3.63, 3.8) is 0 Å². The van der Waals surface area contributed by atoms with Gasteiger partial charge >= 0.3 is 6.01 Å². The van der Waals surface area contributed by atoms with E-state index in [4.69, 9.17) is 15.3 Å². The van der Waals surface area contributed by atoms with Crippen LogP contribution in [-0.4, -0.2) is 47.0 Å². The van der Waals surface area contributed by atoms with Crippen LogP contribution < -0.4 is 15.5 Å². The Morgan fingerprint density at radius 3 is 2.67 bits per heavy atom. The Labute approximate surface area is 105 Å². The first-order chi connectivity index (χ1) is 8.65. The third-order valence-corrected chi connectivity index (χ3v) is 2.22. The molecule has 2 N–H and O–H groups in total. The molecule has 0 radical (unpaired) electrons. The number of hydrogen-bond acceptors (Lipinski definition) is 8. The minimum atomic E-state index is 0.102. The van der Waals surface area contributed by atoms with Crippen LogP contribution in [0.2, 0.25) is 0 Å². The van der Waals surface area contributed by atoms with E-state index in [1.807, 2.05) is 18.7 Å². The molecule has 1 aromatic heterocycles.